The molecule has 17 heavy (non-hydrogen) atoms. The molecule has 0 spiro atoms. The van der Waals surface area contributed by atoms with Crippen molar-refractivity contribution in [2.45, 2.75) is 13.8 Å². The minimum absolute atomic E-state index is 0.0467. The number of hydrogen-bond acceptors (Lipinski definition) is 5. The summed E-state index contributed by atoms with van der Waals surface area (Å²) in [7, 11) is 0. The maximum absolute atomic E-state index is 10.6. The Labute approximate surface area is 100 Å². The molecule has 0 aromatic carbocycles. The molecule has 0 bridgehead atoms. The first-order valence-corrected chi connectivity index (χ1v) is 5.58. The molecule has 6 nitrogen and oxygen atoms in total. The van der Waals surface area contributed by atoms with E-state index in [0.717, 1.165) is 6.54 Å². The molecule has 0 amide bonds. The quantitative estimate of drug-likeness (QED) is 0.716. The molecule has 1 aromatic heterocycles. The molecular weight excluding hydrogens is 222 g/mol. The van der Waals surface area contributed by atoms with Gasteiger partial charge in [-0.25, -0.2) is 4.79 Å². The van der Waals surface area contributed by atoms with Gasteiger partial charge < -0.3 is 14.7 Å². The lowest BCUT2D eigenvalue weighted by molar-refractivity contribution is 0.0689. The number of aromatic nitrogens is 2. The minimum Gasteiger partial charge on any atom is -0.476 e. The highest BCUT2D eigenvalue weighted by molar-refractivity contribution is 5.85. The second kappa shape index (κ2) is 6.80. The minimum atomic E-state index is -1.07. The number of aromatic carboxylic acids is 1. The van der Waals surface area contributed by atoms with Crippen LogP contribution in [0.3, 0.4) is 0 Å². The van der Waals surface area contributed by atoms with Crippen molar-refractivity contribution in [3.8, 4) is 0 Å². The number of nitrogens with zero attached hydrogens (tertiary/aromatic N) is 3. The van der Waals surface area contributed by atoms with Gasteiger partial charge in [0.25, 0.3) is 0 Å². The Bertz CT molecular complexity index is 353. The fourth-order valence-electron chi connectivity index (χ4n) is 1.36. The van der Waals surface area contributed by atoms with Gasteiger partial charge in [-0.3, -0.25) is 0 Å². The van der Waals surface area contributed by atoms with Crippen LogP contribution in [-0.2, 0) is 4.74 Å². The van der Waals surface area contributed by atoms with Crippen molar-refractivity contribution in [3.63, 3.8) is 0 Å². The Morgan fingerprint density at radius 3 is 2.65 bits per heavy atom. The van der Waals surface area contributed by atoms with Crippen molar-refractivity contribution < 1.29 is 14.6 Å². The Balaban J connectivity index is 2.65. The number of carbonyl (C=O) groups is 1. The third kappa shape index (κ3) is 3.99. The Hall–Kier alpha value is -1.69. The SMILES string of the molecule is CCOCCN(CC)c1ccc(C(=O)O)nn1. The van der Waals surface area contributed by atoms with Gasteiger partial charge in [-0.1, -0.05) is 0 Å². The van der Waals surface area contributed by atoms with Crippen LogP contribution in [0.2, 0.25) is 0 Å². The third-order valence-corrected chi connectivity index (χ3v) is 2.28. The number of anilines is 1. The molecule has 0 unspecified atom stereocenters. The van der Waals surface area contributed by atoms with Crippen molar-refractivity contribution in [3.05, 3.63) is 17.8 Å². The summed E-state index contributed by atoms with van der Waals surface area (Å²) >= 11 is 0. The zero-order chi connectivity index (χ0) is 12.7. The van der Waals surface area contributed by atoms with E-state index in [9.17, 15) is 4.79 Å². The fourth-order valence-corrected chi connectivity index (χ4v) is 1.36. The van der Waals surface area contributed by atoms with Gasteiger partial charge in [0.05, 0.1) is 6.61 Å². The van der Waals surface area contributed by atoms with Crippen LogP contribution >= 0.6 is 0 Å². The van der Waals surface area contributed by atoms with Crippen molar-refractivity contribution in [2.75, 3.05) is 31.2 Å². The van der Waals surface area contributed by atoms with Crippen molar-refractivity contribution in [2.24, 2.45) is 0 Å². The zero-order valence-corrected chi connectivity index (χ0v) is 10.1. The van der Waals surface area contributed by atoms with E-state index in [-0.39, 0.29) is 5.69 Å². The number of ether oxygens (including phenoxy) is 1. The van der Waals surface area contributed by atoms with Crippen LogP contribution in [0.5, 0.6) is 0 Å². The summed E-state index contributed by atoms with van der Waals surface area (Å²) in [5.74, 6) is -0.404. The molecule has 1 heterocycles. The lowest BCUT2D eigenvalue weighted by Crippen LogP contribution is -2.28. The van der Waals surface area contributed by atoms with Crippen LogP contribution in [0.25, 0.3) is 0 Å². The molecule has 0 aliphatic rings. The third-order valence-electron chi connectivity index (χ3n) is 2.28. The van der Waals surface area contributed by atoms with Gasteiger partial charge in [-0.2, -0.15) is 0 Å². The number of rotatable bonds is 7. The van der Waals surface area contributed by atoms with E-state index in [1.165, 1.54) is 6.07 Å². The zero-order valence-electron chi connectivity index (χ0n) is 10.1. The highest BCUT2D eigenvalue weighted by Gasteiger charge is 2.09. The van der Waals surface area contributed by atoms with Gasteiger partial charge in [0.2, 0.25) is 0 Å². The van der Waals surface area contributed by atoms with Crippen LogP contribution in [0.4, 0.5) is 5.82 Å². The summed E-state index contributed by atoms with van der Waals surface area (Å²) in [4.78, 5) is 12.6. The first-order valence-electron chi connectivity index (χ1n) is 5.58. The van der Waals surface area contributed by atoms with Gasteiger partial charge in [0.15, 0.2) is 11.5 Å². The summed E-state index contributed by atoms with van der Waals surface area (Å²) in [5.41, 5.74) is -0.0467. The molecule has 94 valence electrons. The largest absolute Gasteiger partial charge is 0.476 e. The van der Waals surface area contributed by atoms with Gasteiger partial charge in [0.1, 0.15) is 0 Å². The van der Waals surface area contributed by atoms with E-state index in [0.29, 0.717) is 25.6 Å². The molecule has 0 fully saturated rings. The Kier molecular flexibility index (Phi) is 5.35. The molecule has 0 atom stereocenters. The maximum atomic E-state index is 10.6. The second-order valence-corrected chi connectivity index (χ2v) is 3.36. The molecule has 1 aromatic rings. The summed E-state index contributed by atoms with van der Waals surface area (Å²) in [6, 6.07) is 3.11. The Morgan fingerprint density at radius 2 is 2.18 bits per heavy atom. The lowest BCUT2D eigenvalue weighted by Gasteiger charge is -2.20. The number of carboxylic acids is 1. The summed E-state index contributed by atoms with van der Waals surface area (Å²) in [6.45, 7) is 6.73. The van der Waals surface area contributed by atoms with Crippen LogP contribution in [0.1, 0.15) is 24.3 Å². The predicted molar refractivity (Wildman–Crippen MR) is 63.4 cm³/mol. The van der Waals surface area contributed by atoms with Crippen molar-refractivity contribution in [1.29, 1.82) is 0 Å². The maximum Gasteiger partial charge on any atom is 0.356 e. The van der Waals surface area contributed by atoms with Gasteiger partial charge >= 0.3 is 5.97 Å². The molecule has 1 rings (SSSR count). The molecule has 1 N–H and O–H groups in total. The number of likely N-dealkylation sites (N-methyl/N-ethyl adjacent to an activating group) is 1. The van der Waals surface area contributed by atoms with E-state index >= 15 is 0 Å². The molecule has 0 aliphatic heterocycles. The van der Waals surface area contributed by atoms with Crippen LogP contribution in [0, 0.1) is 0 Å². The van der Waals surface area contributed by atoms with Crippen LogP contribution in [0.15, 0.2) is 12.1 Å². The molecule has 0 saturated carbocycles. The van der Waals surface area contributed by atoms with E-state index in [1.54, 1.807) is 6.07 Å². The summed E-state index contributed by atoms with van der Waals surface area (Å²) in [6.07, 6.45) is 0. The van der Waals surface area contributed by atoms with Crippen LogP contribution < -0.4 is 4.90 Å². The van der Waals surface area contributed by atoms with E-state index in [4.69, 9.17) is 9.84 Å². The molecule has 0 radical (unpaired) electrons. The molecule has 0 aliphatic carbocycles. The summed E-state index contributed by atoms with van der Waals surface area (Å²) in [5, 5.41) is 16.2. The first-order chi connectivity index (χ1) is 8.19. The van der Waals surface area contributed by atoms with Gasteiger partial charge in [0, 0.05) is 19.7 Å². The molecule has 6 heteroatoms. The molecule has 0 saturated heterocycles. The summed E-state index contributed by atoms with van der Waals surface area (Å²) < 4.78 is 5.27. The average molecular weight is 239 g/mol. The lowest BCUT2D eigenvalue weighted by atomic mass is 10.3. The monoisotopic (exact) mass is 239 g/mol. The normalized spacial score (nSPS) is 10.2. The average Bonchev–Trinajstić information content (AvgIpc) is 2.35. The topological polar surface area (TPSA) is 75.5 Å². The first kappa shape index (κ1) is 13.4. The van der Waals surface area contributed by atoms with Crippen LogP contribution in [-0.4, -0.2) is 47.6 Å². The van der Waals surface area contributed by atoms with E-state index in [1.807, 2.05) is 18.7 Å². The second-order valence-electron chi connectivity index (χ2n) is 3.36. The number of hydrogen-bond donors (Lipinski definition) is 1. The van der Waals surface area contributed by atoms with E-state index in [2.05, 4.69) is 10.2 Å². The predicted octanol–water partition coefficient (Wildman–Crippen LogP) is 1.04. The van der Waals surface area contributed by atoms with Crippen molar-refractivity contribution >= 4 is 11.8 Å². The van der Waals surface area contributed by atoms with E-state index < -0.39 is 5.97 Å². The fraction of sp³-hybridized carbons (Fsp3) is 0.545. The standard InChI is InChI=1S/C11H17N3O3/c1-3-14(7-8-17-4-2)10-6-5-9(11(15)16)12-13-10/h5-6H,3-4,7-8H2,1-2H3,(H,15,16). The highest BCUT2D eigenvalue weighted by Crippen LogP contribution is 2.08. The number of carboxylic acid groups (broad SMARTS) is 1. The smallest absolute Gasteiger partial charge is 0.356 e. The van der Waals surface area contributed by atoms with Gasteiger partial charge in [-0.15, -0.1) is 10.2 Å². The highest BCUT2D eigenvalue weighted by atomic mass is 16.5. The molecular formula is C11H17N3O3. The Morgan fingerprint density at radius 1 is 1.41 bits per heavy atom. The van der Waals surface area contributed by atoms with Gasteiger partial charge in [-0.05, 0) is 26.0 Å². The van der Waals surface area contributed by atoms with Crippen molar-refractivity contribution in [1.82, 2.24) is 10.2 Å².